The molecule has 0 radical (unpaired) electrons. The van der Waals surface area contributed by atoms with E-state index in [0.717, 1.165) is 0 Å². The van der Waals surface area contributed by atoms with Gasteiger partial charge in [-0.1, -0.05) is 23.8 Å². The van der Waals surface area contributed by atoms with E-state index in [2.05, 4.69) is 0 Å². The predicted molar refractivity (Wildman–Crippen MR) is 103 cm³/mol. The molecule has 0 saturated carbocycles. The van der Waals surface area contributed by atoms with Gasteiger partial charge >= 0.3 is 12.1 Å². The van der Waals surface area contributed by atoms with Crippen LogP contribution in [0.2, 0.25) is 0 Å². The molecule has 0 unspecified atom stereocenters. The molecule has 1 aliphatic rings. The van der Waals surface area contributed by atoms with E-state index in [4.69, 9.17) is 5.11 Å². The molecule has 1 fully saturated rings. The Labute approximate surface area is 169 Å². The first-order chi connectivity index (χ1) is 13.9. The number of para-hydroxylation sites is 1. The Kier molecular flexibility index (Phi) is 5.09. The number of allylic oxidation sites excluding steroid dienone is 2. The van der Waals surface area contributed by atoms with Gasteiger partial charge < -0.3 is 9.67 Å². The fraction of sp³-hybridized carbons (Fsp3) is 0.286. The number of carbonyl (C=O) groups is 3. The molecule has 0 spiro atoms. The van der Waals surface area contributed by atoms with Gasteiger partial charge in [-0.2, -0.15) is 13.2 Å². The number of hydrogen-bond acceptors (Lipinski definition) is 3. The molecule has 3 rings (SSSR count). The van der Waals surface area contributed by atoms with Crippen LogP contribution in [-0.2, 0) is 21.4 Å². The number of carbonyl (C=O) groups excluding carboxylic acids is 2. The van der Waals surface area contributed by atoms with Crippen LogP contribution in [0.25, 0.3) is 16.5 Å². The van der Waals surface area contributed by atoms with Crippen molar-refractivity contribution in [2.24, 2.45) is 7.05 Å². The number of hydrogen-bond donors (Lipinski definition) is 1. The summed E-state index contributed by atoms with van der Waals surface area (Å²) in [5.74, 6) is -3.81. The van der Waals surface area contributed by atoms with Crippen LogP contribution < -0.4 is 0 Å². The lowest BCUT2D eigenvalue weighted by Gasteiger charge is -2.16. The zero-order chi connectivity index (χ0) is 22.5. The summed E-state index contributed by atoms with van der Waals surface area (Å²) in [7, 11) is 1.61. The number of aliphatic carboxylic acids is 1. The van der Waals surface area contributed by atoms with Crippen LogP contribution in [0.1, 0.15) is 25.1 Å². The maximum Gasteiger partial charge on any atom is 0.417 e. The molecule has 2 heterocycles. The number of likely N-dealkylation sites (tertiary alicyclic amines) is 1. The lowest BCUT2D eigenvalue weighted by atomic mass is 9.91. The molecule has 158 valence electrons. The number of halogens is 3. The summed E-state index contributed by atoms with van der Waals surface area (Å²) in [5.41, 5.74) is -1.68. The monoisotopic (exact) mass is 420 g/mol. The third-order valence-electron chi connectivity index (χ3n) is 5.14. The number of rotatable bonds is 3. The Morgan fingerprint density at radius 2 is 1.63 bits per heavy atom. The summed E-state index contributed by atoms with van der Waals surface area (Å²) in [6.07, 6.45) is -4.97. The Morgan fingerprint density at radius 1 is 1.07 bits per heavy atom. The Balaban J connectivity index is 2.49. The second-order valence-corrected chi connectivity index (χ2v) is 7.25. The van der Waals surface area contributed by atoms with Crippen LogP contribution in [0, 0.1) is 6.92 Å². The van der Waals surface area contributed by atoms with Crippen LogP contribution in [0.15, 0.2) is 41.0 Å². The predicted octanol–water partition coefficient (Wildman–Crippen LogP) is 3.59. The topological polar surface area (TPSA) is 79.6 Å². The molecule has 1 aliphatic heterocycles. The van der Waals surface area contributed by atoms with Crippen molar-refractivity contribution in [3.8, 4) is 0 Å². The van der Waals surface area contributed by atoms with E-state index in [0.29, 0.717) is 10.4 Å². The zero-order valence-corrected chi connectivity index (χ0v) is 16.7. The fourth-order valence-corrected chi connectivity index (χ4v) is 3.80. The Hall–Kier alpha value is -3.36. The minimum atomic E-state index is -4.97. The van der Waals surface area contributed by atoms with E-state index in [1.54, 1.807) is 29.8 Å². The third-order valence-corrected chi connectivity index (χ3v) is 5.14. The molecule has 2 amide bonds. The first-order valence-corrected chi connectivity index (χ1v) is 8.99. The summed E-state index contributed by atoms with van der Waals surface area (Å²) in [4.78, 5) is 37.1. The molecule has 0 bridgehead atoms. The van der Waals surface area contributed by atoms with E-state index in [1.165, 1.54) is 26.8 Å². The second-order valence-electron chi connectivity index (χ2n) is 7.25. The minimum Gasteiger partial charge on any atom is -0.480 e. The van der Waals surface area contributed by atoms with Gasteiger partial charge in [0.1, 0.15) is 6.54 Å². The molecule has 1 saturated heterocycles. The van der Waals surface area contributed by atoms with Crippen LogP contribution in [0.5, 0.6) is 0 Å². The number of amides is 2. The van der Waals surface area contributed by atoms with E-state index >= 15 is 0 Å². The number of benzene rings is 1. The highest BCUT2D eigenvalue weighted by Crippen LogP contribution is 2.46. The largest absolute Gasteiger partial charge is 0.480 e. The molecule has 6 nitrogen and oxygen atoms in total. The fourth-order valence-electron chi connectivity index (χ4n) is 3.80. The number of carboxylic acids is 1. The number of alkyl halides is 3. The molecule has 1 N–H and O–H groups in total. The highest BCUT2D eigenvalue weighted by atomic mass is 19.4. The quantitative estimate of drug-likeness (QED) is 0.608. The van der Waals surface area contributed by atoms with Crippen molar-refractivity contribution < 1.29 is 32.7 Å². The third kappa shape index (κ3) is 3.20. The highest BCUT2D eigenvalue weighted by molar-refractivity contribution is 6.29. The van der Waals surface area contributed by atoms with Crippen molar-refractivity contribution in [3.05, 3.63) is 52.2 Å². The van der Waals surface area contributed by atoms with Crippen LogP contribution in [0.4, 0.5) is 13.2 Å². The molecule has 1 aromatic heterocycles. The van der Waals surface area contributed by atoms with Gasteiger partial charge in [0.2, 0.25) is 0 Å². The van der Waals surface area contributed by atoms with Gasteiger partial charge in [-0.15, -0.1) is 0 Å². The highest BCUT2D eigenvalue weighted by Gasteiger charge is 2.49. The maximum atomic E-state index is 14.4. The smallest absolute Gasteiger partial charge is 0.417 e. The van der Waals surface area contributed by atoms with Gasteiger partial charge in [0.25, 0.3) is 11.8 Å². The lowest BCUT2D eigenvalue weighted by molar-refractivity contribution is -0.147. The summed E-state index contributed by atoms with van der Waals surface area (Å²) in [6.45, 7) is 3.31. The molecular weight excluding hydrogens is 401 g/mol. The van der Waals surface area contributed by atoms with Crippen LogP contribution in [0.3, 0.4) is 0 Å². The van der Waals surface area contributed by atoms with Gasteiger partial charge in [-0.3, -0.25) is 19.3 Å². The summed E-state index contributed by atoms with van der Waals surface area (Å²) >= 11 is 0. The number of nitrogens with zero attached hydrogens (tertiary/aromatic N) is 2. The number of aromatic nitrogens is 1. The molecule has 0 atom stereocenters. The summed E-state index contributed by atoms with van der Waals surface area (Å²) < 4.78 is 44.8. The van der Waals surface area contributed by atoms with Crippen LogP contribution in [-0.4, -0.2) is 45.1 Å². The van der Waals surface area contributed by atoms with Crippen molar-refractivity contribution in [3.63, 3.8) is 0 Å². The number of fused-ring (bicyclic) bond motifs is 1. The average molecular weight is 420 g/mol. The van der Waals surface area contributed by atoms with Crippen molar-refractivity contribution in [2.75, 3.05) is 6.54 Å². The van der Waals surface area contributed by atoms with Crippen LogP contribution >= 0.6 is 0 Å². The van der Waals surface area contributed by atoms with Crippen molar-refractivity contribution in [1.29, 1.82) is 0 Å². The maximum absolute atomic E-state index is 14.4. The normalized spacial score (nSPS) is 16.6. The minimum absolute atomic E-state index is 0.191. The first-order valence-electron chi connectivity index (χ1n) is 8.99. The van der Waals surface area contributed by atoms with E-state index in [-0.39, 0.29) is 22.2 Å². The Bertz CT molecular complexity index is 1160. The molecule has 0 aliphatic carbocycles. The molecular formula is C21H19F3N2O4. The first kappa shape index (κ1) is 21.4. The van der Waals surface area contributed by atoms with Gasteiger partial charge in [-0.25, -0.2) is 0 Å². The SMILES string of the molecule is CC(C)=C1C(=O)N(CC(=O)O)C(=O)/C1=C(/c1c(C)n(C)c2ccccc12)C(F)(F)F. The molecule has 1 aromatic carbocycles. The molecule has 30 heavy (non-hydrogen) atoms. The van der Waals surface area contributed by atoms with Crippen molar-refractivity contribution in [1.82, 2.24) is 9.47 Å². The number of imide groups is 1. The number of carboxylic acid groups (broad SMARTS) is 1. The summed E-state index contributed by atoms with van der Waals surface area (Å²) in [6, 6.07) is 6.45. The van der Waals surface area contributed by atoms with Gasteiger partial charge in [-0.05, 0) is 26.8 Å². The van der Waals surface area contributed by atoms with Gasteiger partial charge in [0.15, 0.2) is 0 Å². The van der Waals surface area contributed by atoms with E-state index in [9.17, 15) is 27.6 Å². The Morgan fingerprint density at radius 3 is 2.17 bits per heavy atom. The summed E-state index contributed by atoms with van der Waals surface area (Å²) in [5, 5.41) is 9.30. The van der Waals surface area contributed by atoms with E-state index < -0.39 is 47.2 Å². The standard InChI is InChI=1S/C21H19F3N2O4/c1-10(2)15-17(20(30)26(19(15)29)9-14(27)28)18(21(22,23)24)16-11(3)25(4)13-8-6-5-7-12(13)16/h5-8H,9H2,1-4H3,(H,27,28)/b18-17-. The molecule has 9 heteroatoms. The lowest BCUT2D eigenvalue weighted by Crippen LogP contribution is -2.35. The van der Waals surface area contributed by atoms with Gasteiger partial charge in [0, 0.05) is 29.2 Å². The van der Waals surface area contributed by atoms with Crippen molar-refractivity contribution in [2.45, 2.75) is 26.9 Å². The zero-order valence-electron chi connectivity index (χ0n) is 16.7. The van der Waals surface area contributed by atoms with Crippen molar-refractivity contribution >= 4 is 34.3 Å². The average Bonchev–Trinajstić information content (AvgIpc) is 3.02. The van der Waals surface area contributed by atoms with Gasteiger partial charge in [0.05, 0.1) is 16.7 Å². The molecule has 2 aromatic rings. The second kappa shape index (κ2) is 7.16. The number of aryl methyl sites for hydroxylation is 1. The van der Waals surface area contributed by atoms with E-state index in [1.807, 2.05) is 0 Å².